The Morgan fingerprint density at radius 2 is 1.97 bits per heavy atom. The summed E-state index contributed by atoms with van der Waals surface area (Å²) in [6.07, 6.45) is 6.85. The van der Waals surface area contributed by atoms with Crippen LogP contribution >= 0.6 is 0 Å². The number of hydrogen-bond donors (Lipinski definition) is 3. The summed E-state index contributed by atoms with van der Waals surface area (Å²) in [6.45, 7) is 1.95. The van der Waals surface area contributed by atoms with Gasteiger partial charge in [0.1, 0.15) is 30.3 Å². The van der Waals surface area contributed by atoms with Gasteiger partial charge in [-0.25, -0.2) is 15.0 Å². The Kier molecular flexibility index (Phi) is 8.58. The molecular formula is C27H27N5O5. The van der Waals surface area contributed by atoms with Crippen LogP contribution in [0.1, 0.15) is 11.1 Å². The van der Waals surface area contributed by atoms with Gasteiger partial charge in [0.15, 0.2) is 6.79 Å². The summed E-state index contributed by atoms with van der Waals surface area (Å²) in [5, 5.41) is 15.8. The molecule has 37 heavy (non-hydrogen) atoms. The largest absolute Gasteiger partial charge is 0.455 e. The van der Waals surface area contributed by atoms with Crippen molar-refractivity contribution in [3.8, 4) is 17.4 Å². The number of aromatic nitrogens is 3. The average Bonchev–Trinajstić information content (AvgIpc) is 2.90. The first-order chi connectivity index (χ1) is 18.1. The van der Waals surface area contributed by atoms with Crippen LogP contribution in [0, 0.1) is 6.92 Å². The number of fused-ring (bicyclic) bond motifs is 1. The Balaban J connectivity index is 1.46. The highest BCUT2D eigenvalue weighted by atomic mass is 16.6. The number of amides is 1. The summed E-state index contributed by atoms with van der Waals surface area (Å²) >= 11 is 0. The summed E-state index contributed by atoms with van der Waals surface area (Å²) in [7, 11) is 1.48. The molecule has 10 nitrogen and oxygen atoms in total. The third-order valence-electron chi connectivity index (χ3n) is 5.25. The molecule has 0 fully saturated rings. The fourth-order valence-corrected chi connectivity index (χ4v) is 3.51. The Bertz CT molecular complexity index is 1390. The maximum Gasteiger partial charge on any atom is 0.246 e. The lowest BCUT2D eigenvalue weighted by atomic mass is 10.1. The molecule has 1 amide bonds. The van der Waals surface area contributed by atoms with Crippen LogP contribution in [0.4, 0.5) is 11.5 Å². The van der Waals surface area contributed by atoms with E-state index in [1.165, 1.54) is 19.6 Å². The molecule has 0 aliphatic heterocycles. The molecule has 10 heteroatoms. The van der Waals surface area contributed by atoms with Crippen LogP contribution in [0.2, 0.25) is 0 Å². The minimum absolute atomic E-state index is 0.0356. The number of benzene rings is 2. The number of carbonyl (C=O) groups excluding carboxylic acids is 1. The number of aliphatic hydroxyl groups excluding tert-OH is 1. The summed E-state index contributed by atoms with van der Waals surface area (Å²) < 4.78 is 15.7. The molecule has 0 unspecified atom stereocenters. The van der Waals surface area contributed by atoms with Crippen LogP contribution in [0.3, 0.4) is 0 Å². The number of anilines is 2. The van der Waals surface area contributed by atoms with Gasteiger partial charge in [0.2, 0.25) is 11.8 Å². The van der Waals surface area contributed by atoms with E-state index in [0.29, 0.717) is 29.7 Å². The highest BCUT2D eigenvalue weighted by molar-refractivity contribution is 5.92. The molecule has 190 valence electrons. The summed E-state index contributed by atoms with van der Waals surface area (Å²) in [6, 6.07) is 15.0. The van der Waals surface area contributed by atoms with E-state index in [9.17, 15) is 4.79 Å². The number of pyridine rings is 1. The molecule has 0 saturated carbocycles. The van der Waals surface area contributed by atoms with Crippen molar-refractivity contribution in [2.45, 2.75) is 6.92 Å². The lowest BCUT2D eigenvalue weighted by molar-refractivity contribution is -0.124. The van der Waals surface area contributed by atoms with Crippen molar-refractivity contribution >= 4 is 34.4 Å². The van der Waals surface area contributed by atoms with Crippen LogP contribution in [0.5, 0.6) is 17.4 Å². The normalized spacial score (nSPS) is 11.0. The number of nitrogens with one attached hydrogen (secondary N) is 2. The number of aliphatic hydroxyl groups is 1. The van der Waals surface area contributed by atoms with Crippen LogP contribution in [-0.4, -0.2) is 53.0 Å². The number of carbonyl (C=O) groups is 1. The zero-order valence-corrected chi connectivity index (χ0v) is 20.5. The Morgan fingerprint density at radius 3 is 2.73 bits per heavy atom. The van der Waals surface area contributed by atoms with Gasteiger partial charge in [-0.15, -0.1) is 0 Å². The van der Waals surface area contributed by atoms with Crippen LogP contribution in [-0.2, 0) is 9.53 Å². The van der Waals surface area contributed by atoms with Crippen molar-refractivity contribution in [3.63, 3.8) is 0 Å². The van der Waals surface area contributed by atoms with Gasteiger partial charge >= 0.3 is 0 Å². The van der Waals surface area contributed by atoms with E-state index < -0.39 is 6.79 Å². The second kappa shape index (κ2) is 12.4. The van der Waals surface area contributed by atoms with Gasteiger partial charge in [0.05, 0.1) is 11.7 Å². The van der Waals surface area contributed by atoms with Gasteiger partial charge in [0.25, 0.3) is 0 Å². The second-order valence-electron chi connectivity index (χ2n) is 7.95. The fraction of sp³-hybridized carbons (Fsp3) is 0.185. The molecule has 0 aliphatic rings. The molecule has 0 atom stereocenters. The SMILES string of the molecule is COCC(=O)NC/C=C/c1ccc2ncnc(Nc3ccc(Oc4ccc(OCO)nc4)c(C)c3)c2c1. The van der Waals surface area contributed by atoms with Crippen molar-refractivity contribution in [3.05, 3.63) is 78.3 Å². The van der Waals surface area contributed by atoms with Gasteiger partial charge < -0.3 is 30.0 Å². The number of methoxy groups -OCH3 is 1. The predicted molar refractivity (Wildman–Crippen MR) is 140 cm³/mol. The van der Waals surface area contributed by atoms with E-state index in [0.717, 1.165) is 27.7 Å². The predicted octanol–water partition coefficient (Wildman–Crippen LogP) is 3.97. The van der Waals surface area contributed by atoms with E-state index >= 15 is 0 Å². The Labute approximate surface area is 214 Å². The van der Waals surface area contributed by atoms with Crippen molar-refractivity contribution in [1.82, 2.24) is 20.3 Å². The van der Waals surface area contributed by atoms with Crippen molar-refractivity contribution in [2.24, 2.45) is 0 Å². The average molecular weight is 502 g/mol. The maximum atomic E-state index is 11.5. The van der Waals surface area contributed by atoms with Crippen LogP contribution in [0.15, 0.2) is 67.1 Å². The first-order valence-electron chi connectivity index (χ1n) is 11.5. The smallest absolute Gasteiger partial charge is 0.246 e. The van der Waals surface area contributed by atoms with E-state index in [4.69, 9.17) is 19.3 Å². The topological polar surface area (TPSA) is 128 Å². The minimum Gasteiger partial charge on any atom is -0.455 e. The molecule has 0 aliphatic carbocycles. The van der Waals surface area contributed by atoms with Crippen molar-refractivity contribution < 1.29 is 24.1 Å². The molecule has 0 radical (unpaired) electrons. The lowest BCUT2D eigenvalue weighted by Gasteiger charge is -2.13. The first kappa shape index (κ1) is 25.5. The molecule has 2 heterocycles. The number of rotatable bonds is 11. The number of nitrogens with zero attached hydrogens (tertiary/aromatic N) is 3. The quantitative estimate of drug-likeness (QED) is 0.262. The molecular weight excluding hydrogens is 474 g/mol. The standard InChI is InChI=1S/C27H27N5O5/c1-18-12-20(6-9-24(18)37-21-7-10-26(29-14-21)36-17-33)32-27-22-13-19(5-8-23(22)30-16-31-27)4-3-11-28-25(34)15-35-2/h3-10,12-14,16,33H,11,15,17H2,1-2H3,(H,28,34)(H,30,31,32)/b4-3+. The molecule has 0 spiro atoms. The van der Waals surface area contributed by atoms with Crippen LogP contribution in [0.25, 0.3) is 17.0 Å². The van der Waals surface area contributed by atoms with Crippen molar-refractivity contribution in [2.75, 3.05) is 32.4 Å². The fourth-order valence-electron chi connectivity index (χ4n) is 3.51. The molecule has 3 N–H and O–H groups in total. The van der Waals surface area contributed by atoms with E-state index in [1.807, 2.05) is 55.5 Å². The maximum absolute atomic E-state index is 11.5. The molecule has 0 bridgehead atoms. The highest BCUT2D eigenvalue weighted by Gasteiger charge is 2.08. The van der Waals surface area contributed by atoms with Gasteiger partial charge in [0, 0.05) is 30.8 Å². The number of aryl methyl sites for hydroxylation is 1. The molecule has 2 aromatic carbocycles. The van der Waals surface area contributed by atoms with E-state index in [1.54, 1.807) is 12.1 Å². The monoisotopic (exact) mass is 501 g/mol. The van der Waals surface area contributed by atoms with E-state index in [2.05, 4.69) is 25.6 Å². The molecule has 4 rings (SSSR count). The lowest BCUT2D eigenvalue weighted by Crippen LogP contribution is -2.26. The van der Waals surface area contributed by atoms with Gasteiger partial charge in [-0.1, -0.05) is 18.2 Å². The van der Waals surface area contributed by atoms with Gasteiger partial charge in [-0.3, -0.25) is 4.79 Å². The molecule has 4 aromatic rings. The molecule has 0 saturated heterocycles. The Hall–Kier alpha value is -4.54. The third-order valence-corrected chi connectivity index (χ3v) is 5.25. The van der Waals surface area contributed by atoms with Gasteiger partial charge in [-0.05, 0) is 54.4 Å². The van der Waals surface area contributed by atoms with Gasteiger partial charge in [-0.2, -0.15) is 0 Å². The Morgan fingerprint density at radius 1 is 1.08 bits per heavy atom. The zero-order chi connectivity index (χ0) is 26.0. The second-order valence-corrected chi connectivity index (χ2v) is 7.95. The molecule has 2 aromatic heterocycles. The minimum atomic E-state index is -0.435. The zero-order valence-electron chi connectivity index (χ0n) is 20.5. The third kappa shape index (κ3) is 7.00. The number of hydrogen-bond acceptors (Lipinski definition) is 9. The summed E-state index contributed by atoms with van der Waals surface area (Å²) in [5.41, 5.74) is 3.52. The summed E-state index contributed by atoms with van der Waals surface area (Å²) in [4.78, 5) is 24.4. The van der Waals surface area contributed by atoms with Crippen LogP contribution < -0.4 is 20.1 Å². The summed E-state index contributed by atoms with van der Waals surface area (Å²) in [5.74, 6) is 2.05. The first-order valence-corrected chi connectivity index (χ1v) is 11.5. The number of ether oxygens (including phenoxy) is 3. The highest BCUT2D eigenvalue weighted by Crippen LogP contribution is 2.30. The van der Waals surface area contributed by atoms with Crippen molar-refractivity contribution in [1.29, 1.82) is 0 Å². The van der Waals surface area contributed by atoms with E-state index in [-0.39, 0.29) is 12.5 Å².